The van der Waals surface area contributed by atoms with Crippen molar-refractivity contribution in [1.29, 1.82) is 0 Å². The Balaban J connectivity index is 1.66. The van der Waals surface area contributed by atoms with Crippen LogP contribution in [0.4, 0.5) is 4.79 Å². The molecule has 2 aromatic rings. The van der Waals surface area contributed by atoms with Gasteiger partial charge in [0.15, 0.2) is 0 Å². The maximum Gasteiger partial charge on any atom is 0.325 e. The number of nitrogens with one attached hydrogen (secondary N) is 2. The lowest BCUT2D eigenvalue weighted by atomic mass is 9.91. The van der Waals surface area contributed by atoms with E-state index in [1.165, 1.54) is 5.56 Å². The number of carbonyl (C=O) groups excluding carboxylic acids is 3. The van der Waals surface area contributed by atoms with Gasteiger partial charge in [0.1, 0.15) is 12.1 Å². The summed E-state index contributed by atoms with van der Waals surface area (Å²) in [7, 11) is 0. The number of aryl methyl sites for hydroxylation is 2. The molecular weight excluding hydrogens is 366 g/mol. The second-order valence-corrected chi connectivity index (χ2v) is 7.60. The average molecular weight is 393 g/mol. The van der Waals surface area contributed by atoms with Crippen LogP contribution in [0.1, 0.15) is 42.5 Å². The summed E-state index contributed by atoms with van der Waals surface area (Å²) in [5.74, 6) is -0.795. The second kappa shape index (κ2) is 8.47. The topological polar surface area (TPSA) is 78.5 Å². The molecule has 1 saturated heterocycles. The van der Waals surface area contributed by atoms with Gasteiger partial charge in [-0.15, -0.1) is 0 Å². The summed E-state index contributed by atoms with van der Waals surface area (Å²) in [4.78, 5) is 38.7. The molecule has 6 nitrogen and oxygen atoms in total. The van der Waals surface area contributed by atoms with Gasteiger partial charge in [0, 0.05) is 6.54 Å². The number of hydrogen-bond donors (Lipinski definition) is 2. The third kappa shape index (κ3) is 4.31. The summed E-state index contributed by atoms with van der Waals surface area (Å²) in [6, 6.07) is 14.9. The summed E-state index contributed by atoms with van der Waals surface area (Å²) in [6.07, 6.45) is 2.00. The lowest BCUT2D eigenvalue weighted by Gasteiger charge is -2.22. The van der Waals surface area contributed by atoms with E-state index in [4.69, 9.17) is 0 Å². The van der Waals surface area contributed by atoms with E-state index in [2.05, 4.69) is 17.6 Å². The molecule has 0 bridgehead atoms. The fourth-order valence-corrected chi connectivity index (χ4v) is 3.53. The lowest BCUT2D eigenvalue weighted by molar-refractivity contribution is -0.134. The molecule has 1 heterocycles. The van der Waals surface area contributed by atoms with Crippen LogP contribution < -0.4 is 10.6 Å². The van der Waals surface area contributed by atoms with E-state index in [0.717, 1.165) is 28.9 Å². The first kappa shape index (κ1) is 20.6. The minimum atomic E-state index is -1.17. The van der Waals surface area contributed by atoms with Gasteiger partial charge in [-0.2, -0.15) is 0 Å². The zero-order valence-electron chi connectivity index (χ0n) is 17.1. The molecule has 2 aromatic carbocycles. The molecule has 4 amide bonds. The third-order valence-corrected chi connectivity index (χ3v) is 5.38. The van der Waals surface area contributed by atoms with Crippen molar-refractivity contribution in [3.63, 3.8) is 0 Å². The summed E-state index contributed by atoms with van der Waals surface area (Å²) in [6.45, 7) is 5.80. The molecule has 29 heavy (non-hydrogen) atoms. The van der Waals surface area contributed by atoms with E-state index >= 15 is 0 Å². The van der Waals surface area contributed by atoms with E-state index in [1.807, 2.05) is 55.5 Å². The van der Waals surface area contributed by atoms with Crippen LogP contribution in [0.2, 0.25) is 0 Å². The van der Waals surface area contributed by atoms with Crippen LogP contribution in [0.3, 0.4) is 0 Å². The van der Waals surface area contributed by atoms with Crippen molar-refractivity contribution in [3.05, 3.63) is 70.8 Å². The van der Waals surface area contributed by atoms with Crippen LogP contribution in [0.15, 0.2) is 48.5 Å². The summed E-state index contributed by atoms with van der Waals surface area (Å²) in [5, 5.41) is 5.53. The Morgan fingerprint density at radius 2 is 1.79 bits per heavy atom. The fourth-order valence-electron chi connectivity index (χ4n) is 3.53. The van der Waals surface area contributed by atoms with E-state index in [1.54, 1.807) is 6.92 Å². The van der Waals surface area contributed by atoms with Gasteiger partial charge in [0.2, 0.25) is 5.91 Å². The Hall–Kier alpha value is -3.15. The van der Waals surface area contributed by atoms with Gasteiger partial charge in [-0.1, -0.05) is 61.9 Å². The maximum atomic E-state index is 13.0. The van der Waals surface area contributed by atoms with Gasteiger partial charge in [-0.05, 0) is 42.5 Å². The van der Waals surface area contributed by atoms with Crippen molar-refractivity contribution in [2.24, 2.45) is 0 Å². The molecule has 1 fully saturated rings. The molecule has 3 rings (SSSR count). The number of urea groups is 1. The molecule has 0 spiro atoms. The fraction of sp³-hybridized carbons (Fsp3) is 0.348. The smallest absolute Gasteiger partial charge is 0.325 e. The van der Waals surface area contributed by atoms with Crippen LogP contribution in [-0.2, 0) is 28.1 Å². The molecule has 1 unspecified atom stereocenters. The van der Waals surface area contributed by atoms with Crippen LogP contribution in [0.25, 0.3) is 0 Å². The maximum absolute atomic E-state index is 13.0. The van der Waals surface area contributed by atoms with E-state index < -0.39 is 17.5 Å². The van der Waals surface area contributed by atoms with Gasteiger partial charge in [-0.3, -0.25) is 14.5 Å². The standard InChI is InChI=1S/C23H27N3O3/c1-4-7-17-10-12-19(13-11-17)23(3)21(28)26(22(29)25-23)15-20(27)24-14-18-9-6-5-8-16(18)2/h5-6,8-13H,4,7,14-15H2,1-3H3,(H,24,27)(H,25,29). The molecule has 0 saturated carbocycles. The zero-order valence-corrected chi connectivity index (χ0v) is 17.1. The largest absolute Gasteiger partial charge is 0.350 e. The summed E-state index contributed by atoms with van der Waals surface area (Å²) in [5.41, 5.74) is 2.79. The molecule has 152 valence electrons. The molecule has 6 heteroatoms. The number of nitrogens with zero attached hydrogens (tertiary/aromatic N) is 1. The highest BCUT2D eigenvalue weighted by Gasteiger charge is 2.49. The lowest BCUT2D eigenvalue weighted by Crippen LogP contribution is -2.43. The highest BCUT2D eigenvalue weighted by Crippen LogP contribution is 2.29. The SMILES string of the molecule is CCCc1ccc(C2(C)NC(=O)N(CC(=O)NCc3ccccc3C)C2=O)cc1. The van der Waals surface area contributed by atoms with Crippen molar-refractivity contribution >= 4 is 17.8 Å². The number of imide groups is 1. The molecule has 2 N–H and O–H groups in total. The van der Waals surface area contributed by atoms with Gasteiger partial charge in [-0.25, -0.2) is 4.79 Å². The quantitative estimate of drug-likeness (QED) is 0.710. The van der Waals surface area contributed by atoms with Crippen molar-refractivity contribution in [2.75, 3.05) is 6.54 Å². The average Bonchev–Trinajstić information content (AvgIpc) is 2.92. The van der Waals surface area contributed by atoms with Gasteiger partial charge >= 0.3 is 6.03 Å². The number of carbonyl (C=O) groups is 3. The van der Waals surface area contributed by atoms with Gasteiger partial charge in [0.25, 0.3) is 5.91 Å². The molecule has 0 aliphatic carbocycles. The zero-order chi connectivity index (χ0) is 21.0. The number of hydrogen-bond acceptors (Lipinski definition) is 3. The Labute approximate surface area is 171 Å². The highest BCUT2D eigenvalue weighted by molar-refractivity contribution is 6.09. The normalized spacial score (nSPS) is 18.7. The van der Waals surface area contributed by atoms with E-state index in [-0.39, 0.29) is 12.5 Å². The van der Waals surface area contributed by atoms with Crippen molar-refractivity contribution in [3.8, 4) is 0 Å². The minimum absolute atomic E-state index is 0.305. The third-order valence-electron chi connectivity index (χ3n) is 5.38. The first-order valence-corrected chi connectivity index (χ1v) is 9.90. The van der Waals surface area contributed by atoms with Crippen LogP contribution in [0.5, 0.6) is 0 Å². The predicted octanol–water partition coefficient (Wildman–Crippen LogP) is 3.03. The van der Waals surface area contributed by atoms with E-state index in [9.17, 15) is 14.4 Å². The van der Waals surface area contributed by atoms with Crippen LogP contribution in [0, 0.1) is 6.92 Å². The molecule has 0 radical (unpaired) electrons. The Bertz CT molecular complexity index is 923. The minimum Gasteiger partial charge on any atom is -0.350 e. The summed E-state index contributed by atoms with van der Waals surface area (Å²) >= 11 is 0. The number of rotatable bonds is 7. The monoisotopic (exact) mass is 393 g/mol. The van der Waals surface area contributed by atoms with Crippen LogP contribution >= 0.6 is 0 Å². The first-order chi connectivity index (χ1) is 13.8. The molecular formula is C23H27N3O3. The summed E-state index contributed by atoms with van der Waals surface area (Å²) < 4.78 is 0. The molecule has 0 aromatic heterocycles. The van der Waals surface area contributed by atoms with E-state index in [0.29, 0.717) is 12.1 Å². The highest BCUT2D eigenvalue weighted by atomic mass is 16.2. The van der Waals surface area contributed by atoms with Crippen LogP contribution in [-0.4, -0.2) is 29.3 Å². The van der Waals surface area contributed by atoms with Gasteiger partial charge in [0.05, 0.1) is 0 Å². The van der Waals surface area contributed by atoms with Crippen molar-refractivity contribution < 1.29 is 14.4 Å². The molecule has 1 aliphatic rings. The molecule has 1 aliphatic heterocycles. The predicted molar refractivity (Wildman–Crippen MR) is 111 cm³/mol. The van der Waals surface area contributed by atoms with Gasteiger partial charge < -0.3 is 10.6 Å². The second-order valence-electron chi connectivity index (χ2n) is 7.60. The van der Waals surface area contributed by atoms with Crippen molar-refractivity contribution in [1.82, 2.24) is 15.5 Å². The number of benzene rings is 2. The van der Waals surface area contributed by atoms with Crippen molar-refractivity contribution in [2.45, 2.75) is 45.7 Å². The Morgan fingerprint density at radius 3 is 2.45 bits per heavy atom. The Kier molecular flexibility index (Phi) is 6.01. The molecule has 1 atom stereocenters. The Morgan fingerprint density at radius 1 is 1.10 bits per heavy atom. The number of amides is 4. The first-order valence-electron chi connectivity index (χ1n) is 9.90.